The second kappa shape index (κ2) is 6.53. The molecule has 132 valence electrons. The van der Waals surface area contributed by atoms with Gasteiger partial charge in [0.05, 0.1) is 22.9 Å². The third-order valence-electron chi connectivity index (χ3n) is 4.47. The Kier molecular flexibility index (Phi) is 4.22. The molecule has 7 nitrogen and oxygen atoms in total. The Morgan fingerprint density at radius 1 is 1.12 bits per heavy atom. The third-order valence-corrected chi connectivity index (χ3v) is 5.82. The van der Waals surface area contributed by atoms with Crippen LogP contribution in [0.5, 0.6) is 0 Å². The van der Waals surface area contributed by atoms with Crippen LogP contribution < -0.4 is 0 Å². The van der Waals surface area contributed by atoms with Crippen LogP contribution in [-0.4, -0.2) is 50.6 Å². The van der Waals surface area contributed by atoms with Gasteiger partial charge >= 0.3 is 5.97 Å². The lowest BCUT2D eigenvalue weighted by atomic mass is 10.2. The molecule has 1 atom stereocenters. The number of hydrogen-bond acceptors (Lipinski definition) is 7. The smallest absolute Gasteiger partial charge is 0.343 e. The molecule has 3 aliphatic rings. The van der Waals surface area contributed by atoms with Crippen molar-refractivity contribution in [1.29, 1.82) is 0 Å². The maximum absolute atomic E-state index is 12.8. The van der Waals surface area contributed by atoms with Crippen molar-refractivity contribution in [3.63, 3.8) is 0 Å². The number of allylic oxidation sites excluding steroid dienone is 1. The highest BCUT2D eigenvalue weighted by Gasteiger charge is 2.35. The molecule has 0 N–H and O–H groups in total. The molecule has 0 saturated carbocycles. The average Bonchev–Trinajstić information content (AvgIpc) is 3.27. The van der Waals surface area contributed by atoms with Crippen LogP contribution in [0.1, 0.15) is 23.2 Å². The molecule has 0 aliphatic carbocycles. The number of rotatable bonds is 3. The van der Waals surface area contributed by atoms with E-state index < -0.39 is 16.8 Å². The normalized spacial score (nSPS) is 23.0. The first-order chi connectivity index (χ1) is 12.1. The molecule has 0 aromatic heterocycles. The predicted octanol–water partition coefficient (Wildman–Crippen LogP) is 1.74. The van der Waals surface area contributed by atoms with Crippen LogP contribution in [0.4, 0.5) is 0 Å². The molecule has 1 aromatic rings. The van der Waals surface area contributed by atoms with Gasteiger partial charge in [0, 0.05) is 24.9 Å². The Balaban J connectivity index is 1.71. The minimum absolute atomic E-state index is 0.173. The van der Waals surface area contributed by atoms with E-state index in [2.05, 4.69) is 0 Å². The molecule has 1 unspecified atom stereocenters. The summed E-state index contributed by atoms with van der Waals surface area (Å²) in [5.41, 5.74) is 0.404. The second-order valence-electron chi connectivity index (χ2n) is 6.07. The Labute approximate surface area is 148 Å². The van der Waals surface area contributed by atoms with E-state index in [1.165, 1.54) is 5.01 Å². The quantitative estimate of drug-likeness (QED) is 0.760. The van der Waals surface area contributed by atoms with Crippen LogP contribution in [0.15, 0.2) is 53.0 Å². The maximum atomic E-state index is 12.8. The zero-order valence-electron chi connectivity index (χ0n) is 13.6. The number of hydrazine groups is 1. The summed E-state index contributed by atoms with van der Waals surface area (Å²) in [5.74, 6) is 0.365. The van der Waals surface area contributed by atoms with Gasteiger partial charge in [0.15, 0.2) is 11.6 Å². The van der Waals surface area contributed by atoms with Crippen LogP contribution >= 0.6 is 0 Å². The van der Waals surface area contributed by atoms with Crippen molar-refractivity contribution in [2.24, 2.45) is 0 Å². The van der Waals surface area contributed by atoms with Gasteiger partial charge in [-0.3, -0.25) is 9.22 Å². The van der Waals surface area contributed by atoms with Gasteiger partial charge in [-0.2, -0.15) is 0 Å². The van der Waals surface area contributed by atoms with Crippen molar-refractivity contribution in [3.05, 3.63) is 63.8 Å². The van der Waals surface area contributed by atoms with E-state index >= 15 is 0 Å². The van der Waals surface area contributed by atoms with Gasteiger partial charge < -0.3 is 20.0 Å². The van der Waals surface area contributed by atoms with Gasteiger partial charge in [-0.15, -0.1) is 0 Å². The summed E-state index contributed by atoms with van der Waals surface area (Å²) in [7, 11) is -1.26. The molecule has 0 radical (unpaired) electrons. The van der Waals surface area contributed by atoms with Gasteiger partial charge in [-0.1, -0.05) is 18.2 Å². The average molecular weight is 360 g/mol. The van der Waals surface area contributed by atoms with Crippen LogP contribution in [0.2, 0.25) is 0 Å². The summed E-state index contributed by atoms with van der Waals surface area (Å²) in [6, 6.07) is 8.62. The molecular formula is C17H18N3O4S-. The first-order valence-corrected chi connectivity index (χ1v) is 9.58. The lowest BCUT2D eigenvalue weighted by Crippen LogP contribution is -2.44. The third kappa shape index (κ3) is 2.91. The SMILES string of the molecule is O=C(OC1=C(N2CCCC2)N([O-])N2CCS(=O)C2=C1)c1ccccc1. The van der Waals surface area contributed by atoms with E-state index in [4.69, 9.17) is 4.74 Å². The zero-order valence-corrected chi connectivity index (χ0v) is 14.4. The predicted molar refractivity (Wildman–Crippen MR) is 92.7 cm³/mol. The highest BCUT2D eigenvalue weighted by Crippen LogP contribution is 2.34. The molecule has 0 amide bonds. The minimum Gasteiger partial charge on any atom is -0.737 e. The highest BCUT2D eigenvalue weighted by atomic mass is 32.2. The Morgan fingerprint density at radius 3 is 2.56 bits per heavy atom. The molecule has 0 bridgehead atoms. The lowest BCUT2D eigenvalue weighted by Gasteiger charge is -2.47. The van der Waals surface area contributed by atoms with Crippen LogP contribution in [0.25, 0.3) is 0 Å². The fourth-order valence-electron chi connectivity index (χ4n) is 3.22. The molecule has 2 saturated heterocycles. The summed E-state index contributed by atoms with van der Waals surface area (Å²) < 4.78 is 17.7. The minimum atomic E-state index is -1.26. The van der Waals surface area contributed by atoms with Crippen molar-refractivity contribution in [3.8, 4) is 0 Å². The molecule has 1 aromatic carbocycles. The van der Waals surface area contributed by atoms with Gasteiger partial charge in [0.1, 0.15) is 5.03 Å². The zero-order chi connectivity index (χ0) is 17.4. The lowest BCUT2D eigenvalue weighted by molar-refractivity contribution is 0.0464. The number of hydroxylamine groups is 1. The number of carbonyl (C=O) groups excluding carboxylic acids is 1. The van der Waals surface area contributed by atoms with Gasteiger partial charge in [-0.25, -0.2) is 4.79 Å². The van der Waals surface area contributed by atoms with Crippen molar-refractivity contribution in [1.82, 2.24) is 15.1 Å². The second-order valence-corrected chi connectivity index (χ2v) is 7.58. The summed E-state index contributed by atoms with van der Waals surface area (Å²) in [6.45, 7) is 1.88. The van der Waals surface area contributed by atoms with Gasteiger partial charge in [0.2, 0.25) is 0 Å². The summed E-state index contributed by atoms with van der Waals surface area (Å²) >= 11 is 0. The van der Waals surface area contributed by atoms with E-state index in [9.17, 15) is 14.2 Å². The Hall–Kier alpha value is -2.32. The number of nitrogens with zero attached hydrogens (tertiary/aromatic N) is 3. The van der Waals surface area contributed by atoms with Crippen molar-refractivity contribution >= 4 is 16.8 Å². The summed E-state index contributed by atoms with van der Waals surface area (Å²) in [6.07, 6.45) is 3.55. The van der Waals surface area contributed by atoms with Crippen molar-refractivity contribution in [2.45, 2.75) is 12.8 Å². The molecule has 3 aliphatic heterocycles. The molecule has 4 rings (SSSR count). The number of carbonyl (C=O) groups is 1. The molecule has 8 heteroatoms. The van der Waals surface area contributed by atoms with Gasteiger partial charge in [0.25, 0.3) is 0 Å². The van der Waals surface area contributed by atoms with E-state index in [1.54, 1.807) is 30.3 Å². The molecule has 25 heavy (non-hydrogen) atoms. The largest absolute Gasteiger partial charge is 0.737 e. The first-order valence-electron chi connectivity index (χ1n) is 8.26. The number of hydrogen-bond donors (Lipinski definition) is 0. The molecule has 2 fully saturated rings. The standard InChI is InChI=1S/C17H18N3O4S/c21-17(13-6-2-1-3-7-13)24-14-12-15-19(10-11-25(15)23)20(22)16(14)18-8-4-5-9-18/h1-3,6-7,12H,4-5,8-11H2/q-1. The fraction of sp³-hybridized carbons (Fsp3) is 0.353. The van der Waals surface area contributed by atoms with Crippen LogP contribution in [0.3, 0.4) is 0 Å². The first kappa shape index (κ1) is 16.2. The van der Waals surface area contributed by atoms with E-state index in [0.717, 1.165) is 31.1 Å². The summed E-state index contributed by atoms with van der Waals surface area (Å²) in [5, 5.41) is 15.4. The number of likely N-dealkylation sites (tertiary alicyclic amines) is 1. The molecule has 3 heterocycles. The van der Waals surface area contributed by atoms with E-state index in [0.29, 0.717) is 28.7 Å². The molecular weight excluding hydrogens is 342 g/mol. The van der Waals surface area contributed by atoms with Gasteiger partial charge in [-0.05, 0) is 25.0 Å². The van der Waals surface area contributed by atoms with Crippen LogP contribution in [-0.2, 0) is 15.5 Å². The highest BCUT2D eigenvalue weighted by molar-refractivity contribution is 7.89. The topological polar surface area (TPSA) is 76.2 Å². The van der Waals surface area contributed by atoms with E-state index in [-0.39, 0.29) is 5.76 Å². The van der Waals surface area contributed by atoms with Crippen molar-refractivity contribution in [2.75, 3.05) is 25.4 Å². The Morgan fingerprint density at radius 2 is 1.84 bits per heavy atom. The maximum Gasteiger partial charge on any atom is 0.343 e. The van der Waals surface area contributed by atoms with E-state index in [1.807, 2.05) is 11.0 Å². The van der Waals surface area contributed by atoms with Crippen molar-refractivity contribution < 1.29 is 13.7 Å². The fourth-order valence-corrected chi connectivity index (χ4v) is 4.41. The number of ether oxygens (including phenoxy) is 1. The Bertz CT molecular complexity index is 771. The van der Waals surface area contributed by atoms with Crippen LogP contribution in [0, 0.1) is 5.21 Å². The molecule has 0 spiro atoms. The number of esters is 1. The summed E-state index contributed by atoms with van der Waals surface area (Å²) in [4.78, 5) is 14.4. The number of benzene rings is 1. The monoisotopic (exact) mass is 360 g/mol. The number of fused-ring (bicyclic) bond motifs is 1.